The van der Waals surface area contributed by atoms with Crippen LogP contribution < -0.4 is 5.32 Å². The molecule has 1 N–H and O–H groups in total. The number of amides is 1. The molecule has 2 nitrogen and oxygen atoms in total. The Morgan fingerprint density at radius 1 is 1.00 bits per heavy atom. The molecule has 8 heteroatoms. The molecular weight excluding hydrogens is 265 g/mol. The van der Waals surface area contributed by atoms with Gasteiger partial charge in [0.15, 0.2) is 23.3 Å². The van der Waals surface area contributed by atoms with Crippen molar-refractivity contribution >= 4 is 24.2 Å². The number of carbonyl (C=O) groups excluding carboxylic acids is 1. The monoisotopic (exact) mass is 271 g/mol. The van der Waals surface area contributed by atoms with Crippen LogP contribution in [0.4, 0.5) is 27.6 Å². The number of thiol groups is 1. The summed E-state index contributed by atoms with van der Waals surface area (Å²) in [6.07, 6.45) is 0. The minimum Gasteiger partial charge on any atom is -0.320 e. The number of nitrogens with one attached hydrogen (secondary N) is 1. The van der Waals surface area contributed by atoms with Crippen LogP contribution in [-0.2, 0) is 4.79 Å². The molecule has 0 saturated carbocycles. The van der Waals surface area contributed by atoms with Gasteiger partial charge in [0.2, 0.25) is 11.7 Å². The van der Waals surface area contributed by atoms with Gasteiger partial charge < -0.3 is 5.32 Å². The molecule has 0 aromatic heterocycles. The Morgan fingerprint density at radius 2 is 1.35 bits per heavy atom. The number of anilines is 1. The van der Waals surface area contributed by atoms with E-state index in [1.54, 1.807) is 5.32 Å². The predicted octanol–water partition coefficient (Wildman–Crippen LogP) is 2.64. The van der Waals surface area contributed by atoms with Crippen LogP contribution in [0.15, 0.2) is 0 Å². The van der Waals surface area contributed by atoms with E-state index in [0.717, 1.165) is 0 Å². The van der Waals surface area contributed by atoms with Gasteiger partial charge in [-0.2, -0.15) is 12.6 Å². The molecule has 1 aromatic carbocycles. The van der Waals surface area contributed by atoms with Gasteiger partial charge in [0.25, 0.3) is 0 Å². The van der Waals surface area contributed by atoms with Gasteiger partial charge in [-0.15, -0.1) is 0 Å². The third-order valence-corrected chi connectivity index (χ3v) is 2.07. The summed E-state index contributed by atoms with van der Waals surface area (Å²) >= 11 is 3.65. The van der Waals surface area contributed by atoms with Crippen LogP contribution in [0.25, 0.3) is 0 Å². The number of rotatable bonds is 2. The van der Waals surface area contributed by atoms with Crippen LogP contribution >= 0.6 is 12.6 Å². The van der Waals surface area contributed by atoms with Crippen molar-refractivity contribution in [3.05, 3.63) is 29.1 Å². The second-order valence-corrected chi connectivity index (χ2v) is 3.88. The predicted molar refractivity (Wildman–Crippen MR) is 53.3 cm³/mol. The van der Waals surface area contributed by atoms with Gasteiger partial charge in [0.05, 0.1) is 5.25 Å². The highest BCUT2D eigenvalue weighted by atomic mass is 32.1. The zero-order chi connectivity index (χ0) is 13.3. The lowest BCUT2D eigenvalue weighted by atomic mass is 10.2. The Hall–Kier alpha value is -1.31. The number of carbonyl (C=O) groups is 1. The first-order valence-corrected chi connectivity index (χ1v) is 4.79. The molecule has 0 aliphatic rings. The molecule has 1 unspecified atom stereocenters. The Bertz CT molecular complexity index is 448. The summed E-state index contributed by atoms with van der Waals surface area (Å²) in [5.74, 6) is -11.7. The Kier molecular flexibility index (Phi) is 3.97. The summed E-state index contributed by atoms with van der Waals surface area (Å²) in [5.41, 5.74) is -1.38. The van der Waals surface area contributed by atoms with Crippen LogP contribution in [0.3, 0.4) is 0 Å². The van der Waals surface area contributed by atoms with E-state index in [-0.39, 0.29) is 0 Å². The highest BCUT2D eigenvalue weighted by Gasteiger charge is 2.27. The van der Waals surface area contributed by atoms with Crippen molar-refractivity contribution in [2.75, 3.05) is 5.32 Å². The smallest absolute Gasteiger partial charge is 0.237 e. The standard InChI is InChI=1S/C9H6F5NOS/c1-2(17)9(16)15-8-6(13)4(11)3(10)5(12)7(8)14/h2,17H,1H3,(H,15,16). The molecule has 1 atom stereocenters. The lowest BCUT2D eigenvalue weighted by Crippen LogP contribution is -2.23. The fourth-order valence-electron chi connectivity index (χ4n) is 0.942. The minimum absolute atomic E-state index is 0.968. The van der Waals surface area contributed by atoms with Crippen molar-refractivity contribution in [2.24, 2.45) is 0 Å². The molecule has 0 heterocycles. The lowest BCUT2D eigenvalue weighted by molar-refractivity contribution is -0.115. The van der Waals surface area contributed by atoms with Crippen molar-refractivity contribution in [3.8, 4) is 0 Å². The normalized spacial score (nSPS) is 12.4. The van der Waals surface area contributed by atoms with E-state index in [4.69, 9.17) is 0 Å². The van der Waals surface area contributed by atoms with Crippen molar-refractivity contribution in [2.45, 2.75) is 12.2 Å². The van der Waals surface area contributed by atoms with Crippen molar-refractivity contribution in [1.82, 2.24) is 0 Å². The third kappa shape index (κ3) is 2.51. The van der Waals surface area contributed by atoms with Gasteiger partial charge in [-0.05, 0) is 6.92 Å². The van der Waals surface area contributed by atoms with Gasteiger partial charge in [0.1, 0.15) is 5.69 Å². The second-order valence-electron chi connectivity index (χ2n) is 3.11. The average Bonchev–Trinajstić information content (AvgIpc) is 2.29. The molecule has 1 rings (SSSR count). The maximum absolute atomic E-state index is 13.1. The van der Waals surface area contributed by atoms with E-state index in [1.807, 2.05) is 0 Å². The van der Waals surface area contributed by atoms with E-state index >= 15 is 0 Å². The molecule has 0 spiro atoms. The van der Waals surface area contributed by atoms with E-state index in [0.29, 0.717) is 0 Å². The Balaban J connectivity index is 3.30. The topological polar surface area (TPSA) is 29.1 Å². The molecule has 0 saturated heterocycles. The van der Waals surface area contributed by atoms with Gasteiger partial charge in [0, 0.05) is 0 Å². The first kappa shape index (κ1) is 13.8. The van der Waals surface area contributed by atoms with Gasteiger partial charge in [-0.1, -0.05) is 0 Å². The van der Waals surface area contributed by atoms with Gasteiger partial charge in [-0.25, -0.2) is 22.0 Å². The summed E-state index contributed by atoms with van der Waals surface area (Å²) in [4.78, 5) is 11.1. The van der Waals surface area contributed by atoms with Gasteiger partial charge >= 0.3 is 0 Å². The van der Waals surface area contributed by atoms with Crippen LogP contribution in [0.5, 0.6) is 0 Å². The molecule has 1 aromatic rings. The molecule has 0 aliphatic heterocycles. The largest absolute Gasteiger partial charge is 0.320 e. The zero-order valence-electron chi connectivity index (χ0n) is 8.32. The maximum atomic E-state index is 13.1. The fourth-order valence-corrected chi connectivity index (χ4v) is 1.01. The first-order valence-electron chi connectivity index (χ1n) is 4.27. The third-order valence-electron chi connectivity index (χ3n) is 1.84. The Morgan fingerprint density at radius 3 is 1.71 bits per heavy atom. The molecule has 1 amide bonds. The average molecular weight is 271 g/mol. The zero-order valence-corrected chi connectivity index (χ0v) is 9.22. The quantitative estimate of drug-likeness (QED) is 0.368. The van der Waals surface area contributed by atoms with Crippen molar-refractivity contribution in [1.29, 1.82) is 0 Å². The Labute approximate surface area is 98.2 Å². The molecular formula is C9H6F5NOS. The number of hydrogen-bond donors (Lipinski definition) is 2. The van der Waals surface area contributed by atoms with E-state index in [1.165, 1.54) is 6.92 Å². The van der Waals surface area contributed by atoms with Gasteiger partial charge in [-0.3, -0.25) is 4.79 Å². The lowest BCUT2D eigenvalue weighted by Gasteiger charge is -2.10. The highest BCUT2D eigenvalue weighted by Crippen LogP contribution is 2.27. The van der Waals surface area contributed by atoms with Crippen LogP contribution in [0.1, 0.15) is 6.92 Å². The molecule has 94 valence electrons. The number of benzene rings is 1. The SMILES string of the molecule is CC(S)C(=O)Nc1c(F)c(F)c(F)c(F)c1F. The van der Waals surface area contributed by atoms with E-state index in [9.17, 15) is 26.7 Å². The summed E-state index contributed by atoms with van der Waals surface area (Å²) < 4.78 is 64.2. The highest BCUT2D eigenvalue weighted by molar-refractivity contribution is 7.81. The van der Waals surface area contributed by atoms with Crippen LogP contribution in [0.2, 0.25) is 0 Å². The number of halogens is 5. The molecule has 0 radical (unpaired) electrons. The maximum Gasteiger partial charge on any atom is 0.237 e. The number of hydrogen-bond acceptors (Lipinski definition) is 2. The molecule has 17 heavy (non-hydrogen) atoms. The minimum atomic E-state index is -2.28. The second kappa shape index (κ2) is 4.91. The summed E-state index contributed by atoms with van der Waals surface area (Å²) in [5, 5.41) is 0.607. The fraction of sp³-hybridized carbons (Fsp3) is 0.222. The molecule has 0 aliphatic carbocycles. The van der Waals surface area contributed by atoms with Crippen LogP contribution in [-0.4, -0.2) is 11.2 Å². The molecule has 0 fully saturated rings. The van der Waals surface area contributed by atoms with Crippen molar-refractivity contribution in [3.63, 3.8) is 0 Å². The van der Waals surface area contributed by atoms with Crippen molar-refractivity contribution < 1.29 is 26.7 Å². The van der Waals surface area contributed by atoms with Crippen LogP contribution in [0, 0.1) is 29.1 Å². The van der Waals surface area contributed by atoms with E-state index < -0.39 is 45.9 Å². The summed E-state index contributed by atoms with van der Waals surface area (Å²) in [6.45, 7) is 1.27. The first-order chi connectivity index (χ1) is 7.77. The summed E-state index contributed by atoms with van der Waals surface area (Å²) in [6, 6.07) is 0. The van der Waals surface area contributed by atoms with E-state index in [2.05, 4.69) is 12.6 Å². The molecule has 0 bridgehead atoms. The summed E-state index contributed by atoms with van der Waals surface area (Å²) in [7, 11) is 0.